The van der Waals surface area contributed by atoms with Crippen molar-refractivity contribution in [3.63, 3.8) is 0 Å². The minimum atomic E-state index is 0.223. The van der Waals surface area contributed by atoms with E-state index in [0.29, 0.717) is 5.82 Å². The third-order valence-electron chi connectivity index (χ3n) is 4.38. The number of nitrogens with two attached hydrogens (primary N) is 2. The molecule has 0 aliphatic rings. The highest BCUT2D eigenvalue weighted by molar-refractivity contribution is 9.10. The molecule has 0 unspecified atom stereocenters. The van der Waals surface area contributed by atoms with Crippen molar-refractivity contribution < 1.29 is 0 Å². The Morgan fingerprint density at radius 3 is 2.41 bits per heavy atom. The number of nitrogens with zero attached hydrogens (tertiary/aromatic N) is 3. The summed E-state index contributed by atoms with van der Waals surface area (Å²) in [4.78, 5) is 8.84. The summed E-state index contributed by atoms with van der Waals surface area (Å²) >= 11 is 3.62. The van der Waals surface area contributed by atoms with Gasteiger partial charge in [0.05, 0.1) is 27.4 Å². The first-order valence-electron chi connectivity index (χ1n) is 8.47. The molecular weight excluding hydrogens is 402 g/mol. The van der Waals surface area contributed by atoms with Crippen LogP contribution in [0.2, 0.25) is 0 Å². The molecule has 0 amide bonds. The van der Waals surface area contributed by atoms with Gasteiger partial charge in [0.15, 0.2) is 5.82 Å². The summed E-state index contributed by atoms with van der Waals surface area (Å²) in [7, 11) is 0. The summed E-state index contributed by atoms with van der Waals surface area (Å²) in [5.74, 6) is 0.900. The monoisotopic (exact) mass is 419 g/mol. The Morgan fingerprint density at radius 1 is 0.889 bits per heavy atom. The van der Waals surface area contributed by atoms with E-state index in [0.717, 1.165) is 39.0 Å². The Bertz CT molecular complexity index is 1130. The molecule has 0 bridgehead atoms. The normalized spacial score (nSPS) is 10.9. The van der Waals surface area contributed by atoms with Crippen LogP contribution in [0.25, 0.3) is 22.0 Å². The summed E-state index contributed by atoms with van der Waals surface area (Å²) in [6.45, 7) is 2.03. The number of fused-ring (bicyclic) bond motifs is 1. The van der Waals surface area contributed by atoms with Gasteiger partial charge in [0.1, 0.15) is 0 Å². The molecule has 0 radical (unpaired) electrons. The number of aryl methyl sites for hydroxylation is 1. The van der Waals surface area contributed by atoms with Crippen LogP contribution in [0.4, 0.5) is 23.1 Å². The molecule has 4 N–H and O–H groups in total. The van der Waals surface area contributed by atoms with E-state index in [1.165, 1.54) is 0 Å². The Hall–Kier alpha value is -3.12. The molecule has 0 aliphatic carbocycles. The minimum Gasteiger partial charge on any atom is -0.398 e. The van der Waals surface area contributed by atoms with E-state index in [9.17, 15) is 0 Å². The van der Waals surface area contributed by atoms with E-state index in [1.54, 1.807) is 0 Å². The van der Waals surface area contributed by atoms with Gasteiger partial charge in [-0.1, -0.05) is 36.4 Å². The minimum absolute atomic E-state index is 0.223. The van der Waals surface area contributed by atoms with Gasteiger partial charge in [-0.05, 0) is 48.4 Å². The zero-order valence-corrected chi connectivity index (χ0v) is 16.3. The van der Waals surface area contributed by atoms with E-state index in [2.05, 4.69) is 32.2 Å². The molecule has 134 valence electrons. The average molecular weight is 420 g/mol. The maximum atomic E-state index is 6.24. The van der Waals surface area contributed by atoms with Crippen LogP contribution in [0.5, 0.6) is 0 Å². The van der Waals surface area contributed by atoms with Crippen molar-refractivity contribution in [1.82, 2.24) is 9.97 Å². The summed E-state index contributed by atoms with van der Waals surface area (Å²) in [5, 5.41) is 0.877. The second-order valence-corrected chi connectivity index (χ2v) is 7.05. The molecule has 0 saturated carbocycles. The molecule has 6 heteroatoms. The topological polar surface area (TPSA) is 81.1 Å². The molecule has 5 nitrogen and oxygen atoms in total. The van der Waals surface area contributed by atoms with Crippen molar-refractivity contribution in [2.24, 2.45) is 0 Å². The molecule has 0 atom stereocenters. The lowest BCUT2D eigenvalue weighted by Gasteiger charge is -2.18. The Balaban J connectivity index is 1.91. The average Bonchev–Trinajstić information content (AvgIpc) is 2.67. The van der Waals surface area contributed by atoms with Crippen LogP contribution in [0.15, 0.2) is 66.7 Å². The highest BCUT2D eigenvalue weighted by Gasteiger charge is 2.15. The Morgan fingerprint density at radius 2 is 1.67 bits per heavy atom. The maximum absolute atomic E-state index is 6.24. The van der Waals surface area contributed by atoms with Gasteiger partial charge >= 0.3 is 0 Å². The van der Waals surface area contributed by atoms with Crippen LogP contribution in [0.3, 0.4) is 0 Å². The maximum Gasteiger partial charge on any atom is 0.222 e. The van der Waals surface area contributed by atoms with Crippen LogP contribution >= 0.6 is 16.1 Å². The predicted octanol–water partition coefficient (Wildman–Crippen LogP) is 5.22. The summed E-state index contributed by atoms with van der Waals surface area (Å²) < 4.78 is 1.83. The van der Waals surface area contributed by atoms with Crippen molar-refractivity contribution in [1.29, 1.82) is 0 Å². The molecule has 0 fully saturated rings. The second kappa shape index (κ2) is 6.89. The van der Waals surface area contributed by atoms with Gasteiger partial charge in [0, 0.05) is 16.6 Å². The molecule has 1 aromatic heterocycles. The highest BCUT2D eigenvalue weighted by Crippen LogP contribution is 2.36. The number of hydrogen-bond acceptors (Lipinski definition) is 5. The summed E-state index contributed by atoms with van der Waals surface area (Å²) in [6, 6.07) is 21.9. The first-order valence-corrected chi connectivity index (χ1v) is 9.18. The second-order valence-electron chi connectivity index (χ2n) is 6.34. The van der Waals surface area contributed by atoms with Crippen molar-refractivity contribution in [3.8, 4) is 11.1 Å². The fourth-order valence-electron chi connectivity index (χ4n) is 3.07. The quantitative estimate of drug-likeness (QED) is 0.351. The molecule has 0 spiro atoms. The van der Waals surface area contributed by atoms with Gasteiger partial charge in [0.2, 0.25) is 5.95 Å². The van der Waals surface area contributed by atoms with Gasteiger partial charge in [-0.25, -0.2) is 4.98 Å². The van der Waals surface area contributed by atoms with E-state index in [-0.39, 0.29) is 5.95 Å². The van der Waals surface area contributed by atoms with Crippen LogP contribution in [0.1, 0.15) is 5.56 Å². The number of hydrogen-bond donors (Lipinski definition) is 2. The van der Waals surface area contributed by atoms with E-state index in [4.69, 9.17) is 11.5 Å². The summed E-state index contributed by atoms with van der Waals surface area (Å²) in [6.07, 6.45) is 0. The smallest absolute Gasteiger partial charge is 0.222 e. The van der Waals surface area contributed by atoms with Crippen LogP contribution < -0.4 is 15.4 Å². The largest absolute Gasteiger partial charge is 0.398 e. The zero-order chi connectivity index (χ0) is 19.0. The fourth-order valence-corrected chi connectivity index (χ4v) is 3.58. The highest BCUT2D eigenvalue weighted by atomic mass is 79.9. The van der Waals surface area contributed by atoms with Gasteiger partial charge in [0.25, 0.3) is 0 Å². The van der Waals surface area contributed by atoms with Crippen molar-refractivity contribution >= 4 is 50.2 Å². The number of para-hydroxylation sites is 1. The van der Waals surface area contributed by atoms with Crippen molar-refractivity contribution in [2.75, 3.05) is 15.4 Å². The Kier molecular flexibility index (Phi) is 4.41. The van der Waals surface area contributed by atoms with E-state index in [1.807, 2.05) is 71.5 Å². The van der Waals surface area contributed by atoms with Gasteiger partial charge < -0.3 is 11.5 Å². The lowest BCUT2D eigenvalue weighted by atomic mass is 10.0. The molecule has 3 aromatic carbocycles. The molecule has 4 rings (SSSR count). The first-order chi connectivity index (χ1) is 13.0. The summed E-state index contributed by atoms with van der Waals surface area (Å²) in [5.41, 5.74) is 17.7. The van der Waals surface area contributed by atoms with Crippen molar-refractivity contribution in [2.45, 2.75) is 6.92 Å². The SMILES string of the molecule is Cc1ccc(-c2ccc3nc(N)nc(N(Br)c4ccccc4)c3c2)c(N)c1. The van der Waals surface area contributed by atoms with E-state index < -0.39 is 0 Å². The standard InChI is InChI=1S/C21H18BrN5/c1-13-7-9-16(18(23)11-13)14-8-10-19-17(12-14)20(26-21(24)25-19)27(22)15-5-3-2-4-6-15/h2-12H,23H2,1H3,(H2,24,25,26). The number of nitrogen functional groups attached to an aromatic ring is 2. The van der Waals surface area contributed by atoms with Gasteiger partial charge in [-0.2, -0.15) is 4.98 Å². The lowest BCUT2D eigenvalue weighted by Crippen LogP contribution is -2.07. The third-order valence-corrected chi connectivity index (χ3v) is 5.13. The molecule has 4 aromatic rings. The molecule has 0 aliphatic heterocycles. The number of anilines is 4. The molecule has 27 heavy (non-hydrogen) atoms. The molecule has 0 saturated heterocycles. The fraction of sp³-hybridized carbons (Fsp3) is 0.0476. The predicted molar refractivity (Wildman–Crippen MR) is 116 cm³/mol. The van der Waals surface area contributed by atoms with Crippen molar-refractivity contribution in [3.05, 3.63) is 72.3 Å². The van der Waals surface area contributed by atoms with Crippen LogP contribution in [-0.4, -0.2) is 9.97 Å². The van der Waals surface area contributed by atoms with Gasteiger partial charge in [-0.3, -0.25) is 3.93 Å². The third kappa shape index (κ3) is 3.31. The number of halogens is 1. The number of benzene rings is 3. The van der Waals surface area contributed by atoms with Crippen LogP contribution in [0, 0.1) is 6.92 Å². The lowest BCUT2D eigenvalue weighted by molar-refractivity contribution is 1.21. The number of rotatable bonds is 3. The first kappa shape index (κ1) is 17.3. The number of aromatic nitrogens is 2. The molecular formula is C21H18BrN5. The van der Waals surface area contributed by atoms with Gasteiger partial charge in [-0.15, -0.1) is 0 Å². The Labute approximate surface area is 166 Å². The van der Waals surface area contributed by atoms with E-state index >= 15 is 0 Å². The molecule has 1 heterocycles. The van der Waals surface area contributed by atoms with Crippen LogP contribution in [-0.2, 0) is 0 Å². The zero-order valence-electron chi connectivity index (χ0n) is 14.7.